The molecule has 0 saturated carbocycles. The van der Waals surface area contributed by atoms with Gasteiger partial charge in [0.2, 0.25) is 10.0 Å². The molecule has 0 radical (unpaired) electrons. The molecule has 0 unspecified atom stereocenters. The molecule has 2 rings (SSSR count). The van der Waals surface area contributed by atoms with Crippen molar-refractivity contribution in [3.63, 3.8) is 0 Å². The van der Waals surface area contributed by atoms with Gasteiger partial charge in [-0.25, -0.2) is 13.1 Å². The third-order valence-corrected chi connectivity index (χ3v) is 5.38. The number of hydrogen-bond acceptors (Lipinski definition) is 5. The summed E-state index contributed by atoms with van der Waals surface area (Å²) in [6.07, 6.45) is 0.562. The van der Waals surface area contributed by atoms with Crippen LogP contribution in [0.2, 0.25) is 5.02 Å². The molecule has 1 N–H and O–H groups in total. The van der Waals surface area contributed by atoms with Crippen LogP contribution in [-0.2, 0) is 16.4 Å². The number of benzene rings is 1. The van der Waals surface area contributed by atoms with Crippen LogP contribution in [0.15, 0.2) is 40.6 Å². The van der Waals surface area contributed by atoms with Gasteiger partial charge in [0.1, 0.15) is 5.02 Å². The second-order valence-corrected chi connectivity index (χ2v) is 7.30. The van der Waals surface area contributed by atoms with E-state index in [-0.39, 0.29) is 16.5 Å². The average molecular weight is 347 g/mol. The van der Waals surface area contributed by atoms with Gasteiger partial charge in [-0.15, -0.1) is 11.3 Å². The van der Waals surface area contributed by atoms with Gasteiger partial charge in [-0.2, -0.15) is 0 Å². The zero-order chi connectivity index (χ0) is 15.5. The van der Waals surface area contributed by atoms with E-state index in [4.69, 9.17) is 11.6 Å². The lowest BCUT2D eigenvalue weighted by Crippen LogP contribution is -2.25. The number of hydrogen-bond donors (Lipinski definition) is 1. The largest absolute Gasteiger partial charge is 0.289 e. The van der Waals surface area contributed by atoms with E-state index in [0.29, 0.717) is 6.42 Å². The smallest absolute Gasteiger partial charge is 0.258 e. The summed E-state index contributed by atoms with van der Waals surface area (Å²) in [5.74, 6) is 0. The summed E-state index contributed by atoms with van der Waals surface area (Å²) in [7, 11) is -3.79. The van der Waals surface area contributed by atoms with Gasteiger partial charge in [0.15, 0.2) is 0 Å². The van der Waals surface area contributed by atoms with E-state index in [1.165, 1.54) is 23.5 Å². The molecule has 0 saturated heterocycles. The minimum Gasteiger partial charge on any atom is -0.258 e. The number of nitrogens with zero attached hydrogens (tertiary/aromatic N) is 1. The number of nitrogens with one attached hydrogen (secondary N) is 1. The van der Waals surface area contributed by atoms with Crippen LogP contribution in [0, 0.1) is 10.1 Å². The van der Waals surface area contributed by atoms with Crippen molar-refractivity contribution in [2.45, 2.75) is 11.3 Å². The number of nitro groups is 1. The molecule has 9 heteroatoms. The molecular formula is C12H11ClN2O4S2. The van der Waals surface area contributed by atoms with Gasteiger partial charge in [-0.3, -0.25) is 10.1 Å². The Morgan fingerprint density at radius 1 is 1.33 bits per heavy atom. The van der Waals surface area contributed by atoms with Crippen molar-refractivity contribution in [2.24, 2.45) is 0 Å². The van der Waals surface area contributed by atoms with E-state index in [1.54, 1.807) is 0 Å². The van der Waals surface area contributed by atoms with Crippen LogP contribution < -0.4 is 4.72 Å². The number of sulfonamides is 1. The molecule has 6 nitrogen and oxygen atoms in total. The first-order chi connectivity index (χ1) is 9.90. The van der Waals surface area contributed by atoms with Crippen molar-refractivity contribution in [2.75, 3.05) is 6.54 Å². The highest BCUT2D eigenvalue weighted by molar-refractivity contribution is 7.89. The van der Waals surface area contributed by atoms with Crippen LogP contribution >= 0.6 is 22.9 Å². The number of rotatable bonds is 6. The zero-order valence-corrected chi connectivity index (χ0v) is 13.0. The number of nitro benzene ring substituents is 1. The molecule has 0 aliphatic carbocycles. The first-order valence-electron chi connectivity index (χ1n) is 5.86. The van der Waals surface area contributed by atoms with Crippen molar-refractivity contribution in [1.29, 1.82) is 0 Å². The summed E-state index contributed by atoms with van der Waals surface area (Å²) >= 11 is 7.19. The van der Waals surface area contributed by atoms with Gasteiger partial charge >= 0.3 is 0 Å². The lowest BCUT2D eigenvalue weighted by molar-refractivity contribution is -0.384. The van der Waals surface area contributed by atoms with E-state index < -0.39 is 20.6 Å². The predicted octanol–water partition coefficient (Wildman–Crippen LogP) is 2.83. The van der Waals surface area contributed by atoms with E-state index in [1.807, 2.05) is 17.5 Å². The molecule has 2 aromatic rings. The molecule has 1 aromatic carbocycles. The normalized spacial score (nSPS) is 11.5. The summed E-state index contributed by atoms with van der Waals surface area (Å²) in [6, 6.07) is 7.19. The van der Waals surface area contributed by atoms with Crippen LogP contribution in [0.5, 0.6) is 0 Å². The van der Waals surface area contributed by atoms with Crippen molar-refractivity contribution in [3.05, 3.63) is 55.7 Å². The molecule has 1 aromatic heterocycles. The van der Waals surface area contributed by atoms with E-state index >= 15 is 0 Å². The zero-order valence-electron chi connectivity index (χ0n) is 10.7. The number of halogens is 1. The Bertz CT molecular complexity index is 745. The van der Waals surface area contributed by atoms with E-state index in [0.717, 1.165) is 10.9 Å². The summed E-state index contributed by atoms with van der Waals surface area (Å²) in [5, 5.41) is 12.6. The van der Waals surface area contributed by atoms with Crippen LogP contribution in [0.4, 0.5) is 5.69 Å². The molecule has 0 amide bonds. The third-order valence-electron chi connectivity index (χ3n) is 2.67. The highest BCUT2D eigenvalue weighted by Gasteiger charge is 2.20. The summed E-state index contributed by atoms with van der Waals surface area (Å²) in [5.41, 5.74) is -0.433. The Morgan fingerprint density at radius 2 is 2.10 bits per heavy atom. The fourth-order valence-corrected chi connectivity index (χ4v) is 3.59. The lowest BCUT2D eigenvalue weighted by Gasteiger charge is -2.06. The standard InChI is InChI=1S/C12H11ClN2O4S2/c13-11-4-3-10(8-12(11)15(16)17)21(18,19)14-6-5-9-2-1-7-20-9/h1-4,7-8,14H,5-6H2. The predicted molar refractivity (Wildman–Crippen MR) is 81.3 cm³/mol. The molecule has 0 aliphatic rings. The summed E-state index contributed by atoms with van der Waals surface area (Å²) < 4.78 is 26.6. The Morgan fingerprint density at radius 3 is 2.71 bits per heavy atom. The molecule has 1 heterocycles. The average Bonchev–Trinajstić information content (AvgIpc) is 2.91. The minimum atomic E-state index is -3.79. The maximum Gasteiger partial charge on any atom is 0.289 e. The van der Waals surface area contributed by atoms with Crippen LogP contribution in [-0.4, -0.2) is 19.9 Å². The van der Waals surface area contributed by atoms with Crippen molar-refractivity contribution >= 4 is 38.6 Å². The second-order valence-electron chi connectivity index (χ2n) is 4.10. The Labute approximate surface area is 130 Å². The van der Waals surface area contributed by atoms with E-state index in [2.05, 4.69) is 4.72 Å². The summed E-state index contributed by atoms with van der Waals surface area (Å²) in [4.78, 5) is 10.9. The topological polar surface area (TPSA) is 89.3 Å². The molecular weight excluding hydrogens is 336 g/mol. The third kappa shape index (κ3) is 4.01. The van der Waals surface area contributed by atoms with Crippen LogP contribution in [0.3, 0.4) is 0 Å². The van der Waals surface area contributed by atoms with Crippen LogP contribution in [0.1, 0.15) is 4.88 Å². The maximum atomic E-state index is 12.1. The first-order valence-corrected chi connectivity index (χ1v) is 8.60. The molecule has 0 aliphatic heterocycles. The Kier molecular flexibility index (Phi) is 4.94. The molecule has 0 bridgehead atoms. The Hall–Kier alpha value is -1.48. The quantitative estimate of drug-likeness (QED) is 0.643. The van der Waals surface area contributed by atoms with Crippen molar-refractivity contribution < 1.29 is 13.3 Å². The fourth-order valence-electron chi connectivity index (χ4n) is 1.65. The molecule has 112 valence electrons. The van der Waals surface area contributed by atoms with Gasteiger partial charge in [0, 0.05) is 17.5 Å². The second kappa shape index (κ2) is 6.52. The van der Waals surface area contributed by atoms with E-state index in [9.17, 15) is 18.5 Å². The van der Waals surface area contributed by atoms with Gasteiger partial charge in [0.25, 0.3) is 5.69 Å². The van der Waals surface area contributed by atoms with Crippen molar-refractivity contribution in [3.8, 4) is 0 Å². The monoisotopic (exact) mass is 346 g/mol. The molecule has 0 fully saturated rings. The van der Waals surface area contributed by atoms with Gasteiger partial charge < -0.3 is 0 Å². The van der Waals surface area contributed by atoms with Gasteiger partial charge in [-0.1, -0.05) is 17.7 Å². The SMILES string of the molecule is O=[N+]([O-])c1cc(S(=O)(=O)NCCc2cccs2)ccc1Cl. The lowest BCUT2D eigenvalue weighted by atomic mass is 10.3. The summed E-state index contributed by atoms with van der Waals surface area (Å²) in [6.45, 7) is 0.221. The molecule has 0 spiro atoms. The van der Waals surface area contributed by atoms with Gasteiger partial charge in [-0.05, 0) is 30.0 Å². The Balaban J connectivity index is 2.12. The fraction of sp³-hybridized carbons (Fsp3) is 0.167. The number of thiophene rings is 1. The molecule has 21 heavy (non-hydrogen) atoms. The van der Waals surface area contributed by atoms with Crippen LogP contribution in [0.25, 0.3) is 0 Å². The molecule has 0 atom stereocenters. The highest BCUT2D eigenvalue weighted by atomic mass is 35.5. The maximum absolute atomic E-state index is 12.1. The highest BCUT2D eigenvalue weighted by Crippen LogP contribution is 2.26. The first kappa shape index (κ1) is 15.9. The minimum absolute atomic E-state index is 0.0995. The van der Waals surface area contributed by atoms with Gasteiger partial charge in [0.05, 0.1) is 9.82 Å². The van der Waals surface area contributed by atoms with Crippen molar-refractivity contribution in [1.82, 2.24) is 4.72 Å².